The molecule has 17 heavy (non-hydrogen) atoms. The van der Waals surface area contributed by atoms with Crippen molar-refractivity contribution in [3.8, 4) is 0 Å². The third-order valence-electron chi connectivity index (χ3n) is 1.84. The molecule has 0 aliphatic rings. The highest BCUT2D eigenvalue weighted by Gasteiger charge is 2.11. The van der Waals surface area contributed by atoms with Crippen LogP contribution in [0.5, 0.6) is 0 Å². The molecule has 0 bridgehead atoms. The van der Waals surface area contributed by atoms with E-state index in [1.54, 1.807) is 12.5 Å². The third kappa shape index (κ3) is 7.25. The fourth-order valence-corrected chi connectivity index (χ4v) is 1.22. The molecule has 2 N–H and O–H groups in total. The molecule has 1 aromatic rings. The highest BCUT2D eigenvalue weighted by molar-refractivity contribution is 14.0. The first-order valence-electron chi connectivity index (χ1n) is 5.59. The molecule has 0 amide bonds. The highest BCUT2D eigenvalue weighted by atomic mass is 127. The van der Waals surface area contributed by atoms with Gasteiger partial charge >= 0.3 is 0 Å². The lowest BCUT2D eigenvalue weighted by molar-refractivity contribution is 0.501. The largest absolute Gasteiger partial charge is 0.472 e. The number of nitrogens with zero attached hydrogens (tertiary/aromatic N) is 1. The summed E-state index contributed by atoms with van der Waals surface area (Å²) in [7, 11) is 0. The van der Waals surface area contributed by atoms with Gasteiger partial charge in [0.2, 0.25) is 0 Å². The topological polar surface area (TPSA) is 49.6 Å². The van der Waals surface area contributed by atoms with E-state index in [4.69, 9.17) is 4.42 Å². The van der Waals surface area contributed by atoms with E-state index in [2.05, 4.69) is 43.3 Å². The normalized spacial score (nSPS) is 11.9. The SMILES string of the molecule is CCNC(=NCc1ccoc1)NC(C)(C)C.I. The van der Waals surface area contributed by atoms with Crippen molar-refractivity contribution in [3.05, 3.63) is 24.2 Å². The molecule has 0 aromatic carbocycles. The van der Waals surface area contributed by atoms with Crippen LogP contribution in [0.4, 0.5) is 0 Å². The Hall–Kier alpha value is -0.720. The van der Waals surface area contributed by atoms with Gasteiger partial charge in [-0.15, -0.1) is 24.0 Å². The molecule has 0 fully saturated rings. The van der Waals surface area contributed by atoms with Crippen molar-refractivity contribution in [3.63, 3.8) is 0 Å². The number of halogens is 1. The number of hydrogen-bond acceptors (Lipinski definition) is 2. The van der Waals surface area contributed by atoms with Crippen molar-refractivity contribution in [2.24, 2.45) is 4.99 Å². The molecular formula is C12H22IN3O. The second-order valence-electron chi connectivity index (χ2n) is 4.70. The molecule has 5 heteroatoms. The Bertz CT molecular complexity index is 328. The second-order valence-corrected chi connectivity index (χ2v) is 4.70. The summed E-state index contributed by atoms with van der Waals surface area (Å²) in [5, 5.41) is 6.54. The Morgan fingerprint density at radius 1 is 1.41 bits per heavy atom. The summed E-state index contributed by atoms with van der Waals surface area (Å²) in [6.07, 6.45) is 3.37. The van der Waals surface area contributed by atoms with E-state index in [0.29, 0.717) is 6.54 Å². The summed E-state index contributed by atoms with van der Waals surface area (Å²) in [6.45, 7) is 9.86. The summed E-state index contributed by atoms with van der Waals surface area (Å²) in [5.74, 6) is 0.830. The van der Waals surface area contributed by atoms with E-state index < -0.39 is 0 Å². The number of aliphatic imine (C=N–C) groups is 1. The Morgan fingerprint density at radius 2 is 2.12 bits per heavy atom. The van der Waals surface area contributed by atoms with Gasteiger partial charge in [-0.3, -0.25) is 0 Å². The van der Waals surface area contributed by atoms with Gasteiger partial charge in [0, 0.05) is 17.6 Å². The molecule has 1 aromatic heterocycles. The minimum Gasteiger partial charge on any atom is -0.472 e. The van der Waals surface area contributed by atoms with Crippen molar-refractivity contribution >= 4 is 29.9 Å². The van der Waals surface area contributed by atoms with E-state index in [9.17, 15) is 0 Å². The van der Waals surface area contributed by atoms with Crippen LogP contribution >= 0.6 is 24.0 Å². The van der Waals surface area contributed by atoms with Gasteiger partial charge in [0.1, 0.15) is 0 Å². The van der Waals surface area contributed by atoms with Crippen LogP contribution in [0, 0.1) is 0 Å². The van der Waals surface area contributed by atoms with Gasteiger partial charge in [0.25, 0.3) is 0 Å². The number of furan rings is 1. The van der Waals surface area contributed by atoms with Gasteiger partial charge in [-0.05, 0) is 33.8 Å². The zero-order valence-electron chi connectivity index (χ0n) is 10.9. The van der Waals surface area contributed by atoms with Crippen molar-refractivity contribution in [1.82, 2.24) is 10.6 Å². The zero-order valence-corrected chi connectivity index (χ0v) is 13.2. The monoisotopic (exact) mass is 351 g/mol. The Labute approximate surface area is 120 Å². The second kappa shape index (κ2) is 7.58. The fourth-order valence-electron chi connectivity index (χ4n) is 1.22. The van der Waals surface area contributed by atoms with Crippen LogP contribution in [0.3, 0.4) is 0 Å². The Morgan fingerprint density at radius 3 is 2.59 bits per heavy atom. The minimum atomic E-state index is 0. The standard InChI is InChI=1S/C12H21N3O.HI/c1-5-13-11(15-12(2,3)4)14-8-10-6-7-16-9-10;/h6-7,9H,5,8H2,1-4H3,(H2,13,14,15);1H. The molecule has 4 nitrogen and oxygen atoms in total. The summed E-state index contributed by atoms with van der Waals surface area (Å²) in [6, 6.07) is 1.92. The first-order chi connectivity index (χ1) is 7.51. The highest BCUT2D eigenvalue weighted by Crippen LogP contribution is 2.02. The predicted octanol–water partition coefficient (Wildman–Crippen LogP) is 2.75. The van der Waals surface area contributed by atoms with E-state index in [1.165, 1.54) is 0 Å². The summed E-state index contributed by atoms with van der Waals surface area (Å²) in [4.78, 5) is 4.48. The quantitative estimate of drug-likeness (QED) is 0.500. The molecule has 1 rings (SSSR count). The average Bonchev–Trinajstić information content (AvgIpc) is 2.64. The first kappa shape index (κ1) is 16.3. The van der Waals surface area contributed by atoms with Gasteiger partial charge in [0.15, 0.2) is 5.96 Å². The maximum Gasteiger partial charge on any atom is 0.191 e. The fraction of sp³-hybridized carbons (Fsp3) is 0.583. The van der Waals surface area contributed by atoms with Gasteiger partial charge < -0.3 is 15.1 Å². The van der Waals surface area contributed by atoms with Gasteiger partial charge in [-0.1, -0.05) is 0 Å². The molecule has 0 aliphatic carbocycles. The van der Waals surface area contributed by atoms with Gasteiger partial charge in [-0.2, -0.15) is 0 Å². The molecule has 0 aliphatic heterocycles. The number of hydrogen-bond donors (Lipinski definition) is 2. The van der Waals surface area contributed by atoms with E-state index in [0.717, 1.165) is 18.1 Å². The van der Waals surface area contributed by atoms with E-state index >= 15 is 0 Å². The number of rotatable bonds is 3. The smallest absolute Gasteiger partial charge is 0.191 e. The van der Waals surface area contributed by atoms with Gasteiger partial charge in [0.05, 0.1) is 19.1 Å². The third-order valence-corrected chi connectivity index (χ3v) is 1.84. The van der Waals surface area contributed by atoms with Crippen LogP contribution in [0.1, 0.15) is 33.3 Å². The van der Waals surface area contributed by atoms with Crippen molar-refractivity contribution in [2.45, 2.75) is 39.8 Å². The molecule has 0 unspecified atom stereocenters. The predicted molar refractivity (Wildman–Crippen MR) is 81.8 cm³/mol. The van der Waals surface area contributed by atoms with Crippen LogP contribution < -0.4 is 10.6 Å². The average molecular weight is 351 g/mol. The lowest BCUT2D eigenvalue weighted by atomic mass is 10.1. The zero-order chi connectivity index (χ0) is 12.0. The van der Waals surface area contributed by atoms with E-state index in [1.807, 2.05) is 6.07 Å². The van der Waals surface area contributed by atoms with Crippen molar-refractivity contribution in [2.75, 3.05) is 6.54 Å². The van der Waals surface area contributed by atoms with Crippen LogP contribution in [-0.4, -0.2) is 18.0 Å². The minimum absolute atomic E-state index is 0. The van der Waals surface area contributed by atoms with Crippen LogP contribution in [0.25, 0.3) is 0 Å². The molecular weight excluding hydrogens is 329 g/mol. The number of nitrogens with one attached hydrogen (secondary N) is 2. The van der Waals surface area contributed by atoms with Crippen LogP contribution in [-0.2, 0) is 6.54 Å². The Balaban J connectivity index is 0.00000256. The maximum absolute atomic E-state index is 5.00. The van der Waals surface area contributed by atoms with Crippen LogP contribution in [0.2, 0.25) is 0 Å². The summed E-state index contributed by atoms with van der Waals surface area (Å²) < 4.78 is 5.00. The molecule has 0 radical (unpaired) electrons. The summed E-state index contributed by atoms with van der Waals surface area (Å²) >= 11 is 0. The molecule has 0 spiro atoms. The molecule has 1 heterocycles. The molecule has 0 atom stereocenters. The summed E-state index contributed by atoms with van der Waals surface area (Å²) in [5.41, 5.74) is 1.09. The van der Waals surface area contributed by atoms with Crippen molar-refractivity contribution in [1.29, 1.82) is 0 Å². The van der Waals surface area contributed by atoms with Crippen LogP contribution in [0.15, 0.2) is 28.0 Å². The lowest BCUT2D eigenvalue weighted by Gasteiger charge is -2.23. The Kier molecular flexibility index (Phi) is 7.26. The molecule has 0 saturated heterocycles. The first-order valence-corrected chi connectivity index (χ1v) is 5.59. The molecule has 0 saturated carbocycles. The number of guanidine groups is 1. The lowest BCUT2D eigenvalue weighted by Crippen LogP contribution is -2.47. The van der Waals surface area contributed by atoms with Crippen molar-refractivity contribution < 1.29 is 4.42 Å². The van der Waals surface area contributed by atoms with E-state index in [-0.39, 0.29) is 29.5 Å². The maximum atomic E-state index is 5.00. The van der Waals surface area contributed by atoms with Gasteiger partial charge in [-0.25, -0.2) is 4.99 Å². The molecule has 98 valence electrons.